The third-order valence-corrected chi connectivity index (χ3v) is 6.37. The molecule has 28 heavy (non-hydrogen) atoms. The Morgan fingerprint density at radius 3 is 2.43 bits per heavy atom. The molecule has 0 radical (unpaired) electrons. The average Bonchev–Trinajstić information content (AvgIpc) is 3.51. The molecule has 2 aromatic rings. The molecule has 2 aliphatic carbocycles. The van der Waals surface area contributed by atoms with Crippen molar-refractivity contribution >= 4 is 11.9 Å². The molecule has 1 amide bonds. The molecular formula is C22H27N5O. The van der Waals surface area contributed by atoms with Crippen LogP contribution in [0.2, 0.25) is 0 Å². The summed E-state index contributed by atoms with van der Waals surface area (Å²) in [6.45, 7) is 1.68. The van der Waals surface area contributed by atoms with Crippen molar-refractivity contribution in [3.05, 3.63) is 36.4 Å². The number of nitrogens with one attached hydrogen (secondary N) is 1. The van der Waals surface area contributed by atoms with Crippen LogP contribution in [0.25, 0.3) is 11.1 Å². The van der Waals surface area contributed by atoms with E-state index in [-0.39, 0.29) is 5.92 Å². The third-order valence-electron chi connectivity index (χ3n) is 6.37. The lowest BCUT2D eigenvalue weighted by atomic mass is 9.83. The molecular weight excluding hydrogens is 350 g/mol. The van der Waals surface area contributed by atoms with E-state index in [0.717, 1.165) is 61.5 Å². The fourth-order valence-electron chi connectivity index (χ4n) is 4.23. The van der Waals surface area contributed by atoms with Crippen molar-refractivity contribution in [3.63, 3.8) is 0 Å². The Bertz CT molecular complexity index is 839. The summed E-state index contributed by atoms with van der Waals surface area (Å²) >= 11 is 0. The molecule has 0 bridgehead atoms. The monoisotopic (exact) mass is 377 g/mol. The van der Waals surface area contributed by atoms with Gasteiger partial charge in [0.1, 0.15) is 0 Å². The molecule has 146 valence electrons. The van der Waals surface area contributed by atoms with Gasteiger partial charge >= 0.3 is 0 Å². The molecule has 3 fully saturated rings. The normalized spacial score (nSPS) is 20.6. The van der Waals surface area contributed by atoms with Gasteiger partial charge in [0.2, 0.25) is 11.9 Å². The van der Waals surface area contributed by atoms with Gasteiger partial charge < -0.3 is 10.2 Å². The highest BCUT2D eigenvalue weighted by Gasteiger charge is 2.33. The summed E-state index contributed by atoms with van der Waals surface area (Å²) in [6.07, 6.45) is 13.3. The van der Waals surface area contributed by atoms with Gasteiger partial charge in [0.05, 0.1) is 5.69 Å². The van der Waals surface area contributed by atoms with Crippen molar-refractivity contribution in [3.8, 4) is 11.1 Å². The number of aromatic nitrogens is 3. The smallest absolute Gasteiger partial charge is 0.225 e. The molecule has 1 aliphatic heterocycles. The maximum absolute atomic E-state index is 12.6. The predicted octanol–water partition coefficient (Wildman–Crippen LogP) is 3.62. The molecule has 0 unspecified atom stereocenters. The Balaban J connectivity index is 1.37. The summed E-state index contributed by atoms with van der Waals surface area (Å²) < 4.78 is 0. The average molecular weight is 377 g/mol. The Kier molecular flexibility index (Phi) is 4.71. The summed E-state index contributed by atoms with van der Waals surface area (Å²) in [4.78, 5) is 28.3. The van der Waals surface area contributed by atoms with Crippen molar-refractivity contribution < 1.29 is 4.79 Å². The second kappa shape index (κ2) is 7.49. The van der Waals surface area contributed by atoms with Crippen LogP contribution in [0.5, 0.6) is 0 Å². The van der Waals surface area contributed by atoms with E-state index < -0.39 is 0 Å². The summed E-state index contributed by atoms with van der Waals surface area (Å²) in [5.74, 6) is 1.76. The minimum Gasteiger partial charge on any atom is -0.351 e. The van der Waals surface area contributed by atoms with Crippen LogP contribution in [0.15, 0.2) is 30.7 Å². The number of likely N-dealkylation sites (tertiary alicyclic amines) is 1. The molecule has 0 aromatic carbocycles. The van der Waals surface area contributed by atoms with Gasteiger partial charge in [-0.2, -0.15) is 0 Å². The molecule has 6 heteroatoms. The van der Waals surface area contributed by atoms with Crippen LogP contribution >= 0.6 is 0 Å². The van der Waals surface area contributed by atoms with Gasteiger partial charge in [0.25, 0.3) is 0 Å². The van der Waals surface area contributed by atoms with Crippen molar-refractivity contribution in [2.75, 3.05) is 18.4 Å². The van der Waals surface area contributed by atoms with Gasteiger partial charge in [0, 0.05) is 55.1 Å². The number of piperidine rings is 1. The highest BCUT2D eigenvalue weighted by atomic mass is 16.2. The van der Waals surface area contributed by atoms with E-state index in [4.69, 9.17) is 4.98 Å². The van der Waals surface area contributed by atoms with E-state index >= 15 is 0 Å². The summed E-state index contributed by atoms with van der Waals surface area (Å²) in [7, 11) is 0. The van der Waals surface area contributed by atoms with E-state index in [2.05, 4.69) is 20.2 Å². The number of hydrogen-bond donors (Lipinski definition) is 1. The molecule has 2 saturated carbocycles. The molecule has 1 N–H and O–H groups in total. The summed E-state index contributed by atoms with van der Waals surface area (Å²) in [5.41, 5.74) is 3.31. The molecule has 3 heterocycles. The molecule has 0 atom stereocenters. The van der Waals surface area contributed by atoms with E-state index in [1.165, 1.54) is 19.3 Å². The second-order valence-corrected chi connectivity index (χ2v) is 8.37. The highest BCUT2D eigenvalue weighted by Crippen LogP contribution is 2.36. The van der Waals surface area contributed by atoms with E-state index in [9.17, 15) is 4.79 Å². The van der Waals surface area contributed by atoms with Crippen LogP contribution < -0.4 is 5.32 Å². The van der Waals surface area contributed by atoms with E-state index in [0.29, 0.717) is 17.9 Å². The second-order valence-electron chi connectivity index (χ2n) is 8.37. The number of pyridine rings is 1. The minimum absolute atomic E-state index is 0.289. The Morgan fingerprint density at radius 2 is 1.79 bits per heavy atom. The Morgan fingerprint density at radius 1 is 1.04 bits per heavy atom. The first-order chi connectivity index (χ1) is 13.8. The van der Waals surface area contributed by atoms with Crippen molar-refractivity contribution in [2.45, 2.75) is 56.9 Å². The van der Waals surface area contributed by atoms with Crippen LogP contribution in [0.4, 0.5) is 5.95 Å². The van der Waals surface area contributed by atoms with Crippen molar-refractivity contribution in [1.82, 2.24) is 19.9 Å². The van der Waals surface area contributed by atoms with Crippen LogP contribution in [-0.4, -0.2) is 44.9 Å². The zero-order valence-corrected chi connectivity index (χ0v) is 16.2. The standard InChI is InChI=1S/C22H27N5O/c28-21(17-2-1-3-17)27-12-8-16(9-13-27)20-19(15-6-10-23-11-7-15)14-24-22(26-20)25-18-4-5-18/h6-7,10-11,14,16-18H,1-5,8-9,12-13H2,(H,24,25,26). The third kappa shape index (κ3) is 3.60. The summed E-state index contributed by atoms with van der Waals surface area (Å²) in [5, 5.41) is 3.43. The Labute approximate surface area is 165 Å². The Hall–Kier alpha value is -2.50. The zero-order chi connectivity index (χ0) is 18.9. The lowest BCUT2D eigenvalue weighted by molar-refractivity contribution is -0.139. The van der Waals surface area contributed by atoms with E-state index in [1.54, 1.807) is 0 Å². The zero-order valence-electron chi connectivity index (χ0n) is 16.2. The first-order valence-corrected chi connectivity index (χ1v) is 10.6. The maximum atomic E-state index is 12.6. The topological polar surface area (TPSA) is 71.0 Å². The molecule has 3 aliphatic rings. The lowest BCUT2D eigenvalue weighted by Gasteiger charge is -2.36. The number of carbonyl (C=O) groups excluding carboxylic acids is 1. The SMILES string of the molecule is O=C(C1CCC1)N1CCC(c2nc(NC3CC3)ncc2-c2ccncc2)CC1. The number of amides is 1. The molecule has 6 nitrogen and oxygen atoms in total. The van der Waals surface area contributed by atoms with Crippen molar-refractivity contribution in [1.29, 1.82) is 0 Å². The summed E-state index contributed by atoms with van der Waals surface area (Å²) in [6, 6.07) is 4.57. The maximum Gasteiger partial charge on any atom is 0.225 e. The highest BCUT2D eigenvalue weighted by molar-refractivity contribution is 5.79. The van der Waals surface area contributed by atoms with Crippen LogP contribution in [-0.2, 0) is 4.79 Å². The first-order valence-electron chi connectivity index (χ1n) is 10.6. The quantitative estimate of drug-likeness (QED) is 0.862. The molecule has 1 saturated heterocycles. The molecule has 5 rings (SSSR count). The first kappa shape index (κ1) is 17.6. The number of carbonyl (C=O) groups is 1. The number of hydrogen-bond acceptors (Lipinski definition) is 5. The molecule has 2 aromatic heterocycles. The number of anilines is 1. The minimum atomic E-state index is 0.289. The largest absolute Gasteiger partial charge is 0.351 e. The van der Waals surface area contributed by atoms with Gasteiger partial charge in [-0.3, -0.25) is 9.78 Å². The number of nitrogens with zero attached hydrogens (tertiary/aromatic N) is 4. The number of rotatable bonds is 5. The van der Waals surface area contributed by atoms with Gasteiger partial charge in [-0.05, 0) is 56.2 Å². The van der Waals surface area contributed by atoms with Gasteiger partial charge in [-0.15, -0.1) is 0 Å². The molecule has 0 spiro atoms. The predicted molar refractivity (Wildman–Crippen MR) is 108 cm³/mol. The van der Waals surface area contributed by atoms with Crippen LogP contribution in [0.3, 0.4) is 0 Å². The fraction of sp³-hybridized carbons (Fsp3) is 0.545. The van der Waals surface area contributed by atoms with Gasteiger partial charge in [-0.1, -0.05) is 6.42 Å². The van der Waals surface area contributed by atoms with E-state index in [1.807, 2.05) is 30.7 Å². The lowest BCUT2D eigenvalue weighted by Crippen LogP contribution is -2.43. The fourth-order valence-corrected chi connectivity index (χ4v) is 4.23. The van der Waals surface area contributed by atoms with Crippen molar-refractivity contribution in [2.24, 2.45) is 5.92 Å². The van der Waals surface area contributed by atoms with Gasteiger partial charge in [-0.25, -0.2) is 9.97 Å². The van der Waals surface area contributed by atoms with Crippen LogP contribution in [0, 0.1) is 5.92 Å². The van der Waals surface area contributed by atoms with Gasteiger partial charge in [0.15, 0.2) is 0 Å². The van der Waals surface area contributed by atoms with Crippen LogP contribution in [0.1, 0.15) is 56.6 Å².